The molecule has 0 bridgehead atoms. The fourth-order valence-electron chi connectivity index (χ4n) is 7.45. The number of amides is 1. The van der Waals surface area contributed by atoms with Crippen LogP contribution in [0.4, 0.5) is 0 Å². The molecule has 392 valence electrons. The summed E-state index contributed by atoms with van der Waals surface area (Å²) in [5.74, 6) is -0.205. The second-order valence-corrected chi connectivity index (χ2v) is 21.0. The van der Waals surface area contributed by atoms with Crippen molar-refractivity contribution in [3.05, 3.63) is 97.2 Å². The van der Waals surface area contributed by atoms with Crippen LogP contribution in [0.25, 0.3) is 0 Å². The smallest absolute Gasteiger partial charge is 0.387 e. The molecular formula is C59H106N2O6P+. The van der Waals surface area contributed by atoms with Crippen LogP contribution in [0.2, 0.25) is 0 Å². The van der Waals surface area contributed by atoms with E-state index in [0.717, 1.165) is 89.9 Å². The van der Waals surface area contributed by atoms with Gasteiger partial charge in [-0.05, 0) is 89.9 Å². The highest BCUT2D eigenvalue weighted by molar-refractivity contribution is 7.47. The van der Waals surface area contributed by atoms with Gasteiger partial charge in [0.1, 0.15) is 13.2 Å². The van der Waals surface area contributed by atoms with Crippen molar-refractivity contribution in [2.45, 2.75) is 231 Å². The minimum absolute atomic E-state index is 0.0460. The molecule has 0 aromatic rings. The Hall–Kier alpha value is -2.58. The summed E-state index contributed by atoms with van der Waals surface area (Å²) in [6, 6.07) is -0.883. The van der Waals surface area contributed by atoms with Crippen molar-refractivity contribution in [2.75, 3.05) is 40.9 Å². The van der Waals surface area contributed by atoms with Crippen molar-refractivity contribution in [1.29, 1.82) is 0 Å². The van der Waals surface area contributed by atoms with Crippen LogP contribution >= 0.6 is 7.82 Å². The summed E-state index contributed by atoms with van der Waals surface area (Å²) in [6.07, 6.45) is 70.7. The lowest BCUT2D eigenvalue weighted by Gasteiger charge is -2.25. The number of carbonyl (C=O) groups excluding carboxylic acids is 1. The van der Waals surface area contributed by atoms with Crippen molar-refractivity contribution in [2.24, 2.45) is 0 Å². The number of phosphoric acid groups is 1. The number of hydrogen-bond acceptors (Lipinski definition) is 5. The second-order valence-electron chi connectivity index (χ2n) is 19.6. The first kappa shape index (κ1) is 65.4. The number of nitrogens with zero attached hydrogens (tertiary/aromatic N) is 1. The molecule has 8 nitrogen and oxygen atoms in total. The molecule has 0 aliphatic heterocycles. The van der Waals surface area contributed by atoms with Crippen LogP contribution in [0.1, 0.15) is 219 Å². The van der Waals surface area contributed by atoms with E-state index < -0.39 is 20.0 Å². The van der Waals surface area contributed by atoms with Crippen LogP contribution in [0.3, 0.4) is 0 Å². The van der Waals surface area contributed by atoms with Crippen molar-refractivity contribution in [3.8, 4) is 0 Å². The number of rotatable bonds is 49. The molecule has 0 heterocycles. The van der Waals surface area contributed by atoms with E-state index in [-0.39, 0.29) is 19.1 Å². The first-order chi connectivity index (χ1) is 33.0. The number of nitrogens with one attached hydrogen (secondary N) is 1. The summed E-state index contributed by atoms with van der Waals surface area (Å²) in [7, 11) is 1.52. The Bertz CT molecular complexity index is 1420. The molecule has 0 aliphatic rings. The lowest BCUT2D eigenvalue weighted by atomic mass is 10.0. The maximum atomic E-state index is 13.0. The highest BCUT2D eigenvalue weighted by atomic mass is 31.2. The number of likely N-dealkylation sites (N-methyl/N-ethyl adjacent to an activating group) is 1. The Labute approximate surface area is 419 Å². The minimum atomic E-state index is -4.37. The Kier molecular flexibility index (Phi) is 47.5. The lowest BCUT2D eigenvalue weighted by Crippen LogP contribution is -2.45. The first-order valence-corrected chi connectivity index (χ1v) is 29.1. The zero-order chi connectivity index (χ0) is 49.9. The lowest BCUT2D eigenvalue weighted by molar-refractivity contribution is -0.870. The number of aliphatic hydroxyl groups excluding tert-OH is 1. The predicted octanol–water partition coefficient (Wildman–Crippen LogP) is 16.6. The molecule has 68 heavy (non-hydrogen) atoms. The number of allylic oxidation sites excluding steroid dienone is 15. The molecule has 0 fully saturated rings. The van der Waals surface area contributed by atoms with Crippen LogP contribution in [0, 0.1) is 0 Å². The number of quaternary nitrogens is 1. The predicted molar refractivity (Wildman–Crippen MR) is 295 cm³/mol. The van der Waals surface area contributed by atoms with Gasteiger partial charge in [0.05, 0.1) is 39.9 Å². The number of carbonyl (C=O) groups is 1. The largest absolute Gasteiger partial charge is 0.472 e. The van der Waals surface area contributed by atoms with Gasteiger partial charge in [0.25, 0.3) is 0 Å². The third-order valence-electron chi connectivity index (χ3n) is 11.8. The highest BCUT2D eigenvalue weighted by Gasteiger charge is 2.27. The molecule has 0 aromatic heterocycles. The Balaban J connectivity index is 4.38. The molecule has 0 saturated heterocycles. The van der Waals surface area contributed by atoms with Gasteiger partial charge in [0.15, 0.2) is 0 Å². The van der Waals surface area contributed by atoms with Crippen LogP contribution in [0.15, 0.2) is 97.2 Å². The third kappa shape index (κ3) is 51.3. The molecule has 0 aromatic carbocycles. The van der Waals surface area contributed by atoms with Crippen LogP contribution in [0.5, 0.6) is 0 Å². The molecule has 3 N–H and O–H groups in total. The SMILES string of the molecule is CC/C=C\C/C=C\C/C=C\C/C=C\C/C=C\CCCCCCCCCC(=O)NC(COP(=O)(O)OCC[N+](C)(C)C)C(O)/C=C/CC/C=C/CC/C=C/CCCCCCCCCCCCCCC. The van der Waals surface area contributed by atoms with Gasteiger partial charge < -0.3 is 19.8 Å². The first-order valence-electron chi connectivity index (χ1n) is 27.6. The summed E-state index contributed by atoms with van der Waals surface area (Å²) in [6.45, 7) is 4.66. The maximum Gasteiger partial charge on any atom is 0.472 e. The zero-order valence-corrected chi connectivity index (χ0v) is 45.5. The standard InChI is InChI=1S/C59H105N2O6P/c1-6-8-10-12-14-16-18-20-22-24-26-28-30-32-34-36-38-40-42-44-46-48-50-52-58(62)57(56-67-68(64,65)66-55-54-61(3,4)5)60-59(63)53-51-49-47-45-43-41-39-37-35-33-31-29-27-25-23-21-19-17-15-13-11-9-7-2/h9,11,15,17,21,23,27,29,33-36,42,44,50,52,57-58,62H,6-8,10,12-14,16,18-20,22,24-26,28,30-32,37-41,43,45-49,51,53-56H2,1-5H3,(H-,60,63,64,65)/p+1/b11-9-,17-15-,23-21-,29-27-,35-33-,36-34+,44-42+,52-50+. The van der Waals surface area contributed by atoms with Crippen LogP contribution in [-0.4, -0.2) is 73.4 Å². The second kappa shape index (κ2) is 49.4. The Morgan fingerprint density at radius 1 is 0.515 bits per heavy atom. The van der Waals surface area contributed by atoms with Gasteiger partial charge in [-0.1, -0.05) is 220 Å². The van der Waals surface area contributed by atoms with Gasteiger partial charge >= 0.3 is 7.82 Å². The normalized spacial score (nSPS) is 14.8. The maximum absolute atomic E-state index is 13.0. The summed E-state index contributed by atoms with van der Waals surface area (Å²) < 4.78 is 23.7. The molecular weight excluding hydrogens is 864 g/mol. The van der Waals surface area contributed by atoms with Crippen molar-refractivity contribution < 1.29 is 32.9 Å². The van der Waals surface area contributed by atoms with E-state index >= 15 is 0 Å². The number of aliphatic hydroxyl groups is 1. The van der Waals surface area contributed by atoms with E-state index in [2.05, 4.69) is 104 Å². The van der Waals surface area contributed by atoms with Gasteiger partial charge in [-0.25, -0.2) is 4.57 Å². The molecule has 0 spiro atoms. The van der Waals surface area contributed by atoms with Crippen LogP contribution in [-0.2, 0) is 18.4 Å². The summed E-state index contributed by atoms with van der Waals surface area (Å²) >= 11 is 0. The van der Waals surface area contributed by atoms with Crippen molar-refractivity contribution in [1.82, 2.24) is 5.32 Å². The quantitative estimate of drug-likeness (QED) is 0.0243. The molecule has 3 atom stereocenters. The average molecular weight is 970 g/mol. The highest BCUT2D eigenvalue weighted by Crippen LogP contribution is 2.43. The van der Waals surface area contributed by atoms with E-state index in [9.17, 15) is 19.4 Å². The summed E-state index contributed by atoms with van der Waals surface area (Å²) in [5, 5.41) is 13.9. The van der Waals surface area contributed by atoms with Gasteiger partial charge in [-0.3, -0.25) is 13.8 Å². The molecule has 0 saturated carbocycles. The average Bonchev–Trinajstić information content (AvgIpc) is 3.30. The summed E-state index contributed by atoms with van der Waals surface area (Å²) in [5.41, 5.74) is 0. The molecule has 3 unspecified atom stereocenters. The van der Waals surface area contributed by atoms with Crippen molar-refractivity contribution in [3.63, 3.8) is 0 Å². The number of phosphoric ester groups is 1. The number of unbranched alkanes of at least 4 members (excludes halogenated alkanes) is 22. The number of hydrogen-bond donors (Lipinski definition) is 3. The van der Waals surface area contributed by atoms with Gasteiger partial charge in [-0.15, -0.1) is 0 Å². The Morgan fingerprint density at radius 3 is 1.35 bits per heavy atom. The molecule has 0 rings (SSSR count). The zero-order valence-electron chi connectivity index (χ0n) is 44.6. The topological polar surface area (TPSA) is 105 Å². The fraction of sp³-hybridized carbons (Fsp3) is 0.712. The minimum Gasteiger partial charge on any atom is -0.387 e. The fourth-order valence-corrected chi connectivity index (χ4v) is 8.19. The third-order valence-corrected chi connectivity index (χ3v) is 12.7. The van der Waals surface area contributed by atoms with E-state index in [4.69, 9.17) is 9.05 Å². The molecule has 0 radical (unpaired) electrons. The van der Waals surface area contributed by atoms with E-state index in [1.165, 1.54) is 109 Å². The summed E-state index contributed by atoms with van der Waals surface area (Å²) in [4.78, 5) is 23.3. The van der Waals surface area contributed by atoms with E-state index in [0.29, 0.717) is 17.4 Å². The van der Waals surface area contributed by atoms with Gasteiger partial charge in [-0.2, -0.15) is 0 Å². The van der Waals surface area contributed by atoms with Gasteiger partial charge in [0, 0.05) is 6.42 Å². The van der Waals surface area contributed by atoms with E-state index in [1.54, 1.807) is 6.08 Å². The molecule has 1 amide bonds. The monoisotopic (exact) mass is 970 g/mol. The molecule has 0 aliphatic carbocycles. The Morgan fingerprint density at radius 2 is 0.897 bits per heavy atom. The van der Waals surface area contributed by atoms with Gasteiger partial charge in [0.2, 0.25) is 5.91 Å². The van der Waals surface area contributed by atoms with Crippen LogP contribution < -0.4 is 5.32 Å². The molecule has 9 heteroatoms. The van der Waals surface area contributed by atoms with Crippen molar-refractivity contribution >= 4 is 13.7 Å². The van der Waals surface area contributed by atoms with E-state index in [1.807, 2.05) is 27.2 Å².